The van der Waals surface area contributed by atoms with Gasteiger partial charge in [-0.15, -0.1) is 0 Å². The molecule has 15 heavy (non-hydrogen) atoms. The van der Waals surface area contributed by atoms with Crippen LogP contribution >= 0.6 is 0 Å². The fourth-order valence-electron chi connectivity index (χ4n) is 2.02. The maximum atomic E-state index is 11.8. The Kier molecular flexibility index (Phi) is 4.95. The van der Waals surface area contributed by atoms with Gasteiger partial charge in [-0.1, -0.05) is 19.3 Å². The van der Waals surface area contributed by atoms with Gasteiger partial charge in [0, 0.05) is 13.0 Å². The molecule has 1 aliphatic rings. The molecule has 86 valence electrons. The van der Waals surface area contributed by atoms with Crippen molar-refractivity contribution >= 4 is 11.6 Å². The minimum atomic E-state index is -0.447. The Bertz CT molecular complexity index is 229. The van der Waals surface area contributed by atoms with Crippen molar-refractivity contribution in [1.82, 2.24) is 0 Å². The second kappa shape index (κ2) is 6.01. The second-order valence-corrected chi connectivity index (χ2v) is 4.32. The quantitative estimate of drug-likeness (QED) is 0.656. The van der Waals surface area contributed by atoms with E-state index in [1.165, 1.54) is 13.5 Å². The lowest BCUT2D eigenvalue weighted by atomic mass is 9.84. The first kappa shape index (κ1) is 12.4. The lowest BCUT2D eigenvalue weighted by Crippen LogP contribution is -2.26. The van der Waals surface area contributed by atoms with Gasteiger partial charge in [-0.25, -0.2) is 0 Å². The highest BCUT2D eigenvalue weighted by atomic mass is 16.5. The Hall–Kier alpha value is -0.700. The average Bonchev–Trinajstić information content (AvgIpc) is 2.29. The molecule has 1 atom stereocenters. The normalized spacial score (nSPS) is 19.9. The summed E-state index contributed by atoms with van der Waals surface area (Å²) >= 11 is 0. The lowest BCUT2D eigenvalue weighted by molar-refractivity contribution is -0.134. The van der Waals surface area contributed by atoms with Gasteiger partial charge in [0.25, 0.3) is 0 Å². The van der Waals surface area contributed by atoms with Gasteiger partial charge in [0.15, 0.2) is 5.78 Å². The molecule has 0 aromatic rings. The van der Waals surface area contributed by atoms with Crippen LogP contribution in [0.15, 0.2) is 0 Å². The molecule has 0 bridgehead atoms. The molecule has 1 fully saturated rings. The number of methoxy groups -OCH3 is 1. The molecule has 1 unspecified atom stereocenters. The van der Waals surface area contributed by atoms with Crippen LogP contribution in [0.25, 0.3) is 0 Å². The van der Waals surface area contributed by atoms with Gasteiger partial charge in [0.2, 0.25) is 0 Å². The van der Waals surface area contributed by atoms with Crippen LogP contribution in [0.2, 0.25) is 0 Å². The van der Waals surface area contributed by atoms with E-state index in [1.807, 2.05) is 0 Å². The summed E-state index contributed by atoms with van der Waals surface area (Å²) in [4.78, 5) is 23.2. The van der Waals surface area contributed by atoms with Crippen molar-refractivity contribution in [3.63, 3.8) is 0 Å². The summed E-state index contributed by atoms with van der Waals surface area (Å²) < 4.78 is 4.90. The predicted octanol–water partition coefficient (Wildman–Crippen LogP) is 2.13. The van der Waals surface area contributed by atoms with Crippen molar-refractivity contribution in [2.45, 2.75) is 51.6 Å². The van der Waals surface area contributed by atoms with Crippen molar-refractivity contribution in [1.29, 1.82) is 0 Å². The molecule has 3 nitrogen and oxygen atoms in total. The van der Waals surface area contributed by atoms with Crippen molar-refractivity contribution in [2.24, 2.45) is 5.92 Å². The van der Waals surface area contributed by atoms with E-state index < -0.39 is 6.10 Å². The summed E-state index contributed by atoms with van der Waals surface area (Å²) in [5, 5.41) is 0. The van der Waals surface area contributed by atoms with Gasteiger partial charge in [-0.05, 0) is 19.8 Å². The molecule has 1 rings (SSSR count). The predicted molar refractivity (Wildman–Crippen MR) is 57.7 cm³/mol. The zero-order chi connectivity index (χ0) is 11.3. The highest BCUT2D eigenvalue weighted by Gasteiger charge is 2.24. The van der Waals surface area contributed by atoms with E-state index in [4.69, 9.17) is 4.74 Å². The second-order valence-electron chi connectivity index (χ2n) is 4.32. The van der Waals surface area contributed by atoms with E-state index in [1.54, 1.807) is 6.92 Å². The third-order valence-corrected chi connectivity index (χ3v) is 3.22. The first-order valence-electron chi connectivity index (χ1n) is 5.73. The third kappa shape index (κ3) is 3.74. The zero-order valence-corrected chi connectivity index (χ0v) is 9.62. The Morgan fingerprint density at radius 2 is 1.87 bits per heavy atom. The van der Waals surface area contributed by atoms with Crippen LogP contribution in [-0.2, 0) is 14.3 Å². The van der Waals surface area contributed by atoms with E-state index >= 15 is 0 Å². The number of hydrogen-bond donors (Lipinski definition) is 0. The van der Waals surface area contributed by atoms with Crippen LogP contribution in [0.1, 0.15) is 45.4 Å². The molecule has 3 heteroatoms. The maximum absolute atomic E-state index is 11.8. The van der Waals surface area contributed by atoms with Crippen LogP contribution < -0.4 is 0 Å². The minimum absolute atomic E-state index is 0.0552. The number of hydrogen-bond acceptors (Lipinski definition) is 3. The summed E-state index contributed by atoms with van der Waals surface area (Å²) in [6.45, 7) is 1.69. The highest BCUT2D eigenvalue weighted by molar-refractivity contribution is 6.01. The van der Waals surface area contributed by atoms with E-state index in [0.29, 0.717) is 0 Å². The first-order valence-corrected chi connectivity index (χ1v) is 5.73. The summed E-state index contributed by atoms with van der Waals surface area (Å²) in [6.07, 6.45) is 5.03. The molecule has 0 aromatic carbocycles. The molecular weight excluding hydrogens is 192 g/mol. The Morgan fingerprint density at radius 3 is 2.40 bits per heavy atom. The summed E-state index contributed by atoms with van der Waals surface area (Å²) in [6, 6.07) is 0. The lowest BCUT2D eigenvalue weighted by Gasteiger charge is -2.20. The molecule has 0 saturated heterocycles. The van der Waals surface area contributed by atoms with Gasteiger partial charge in [-0.2, -0.15) is 0 Å². The molecule has 0 aliphatic heterocycles. The summed E-state index contributed by atoms with van der Waals surface area (Å²) in [5.74, 6) is 0.156. The minimum Gasteiger partial charge on any atom is -0.374 e. The average molecular weight is 212 g/mol. The molecule has 0 heterocycles. The Labute approximate surface area is 91.2 Å². The van der Waals surface area contributed by atoms with E-state index in [9.17, 15) is 9.59 Å². The van der Waals surface area contributed by atoms with Crippen LogP contribution in [0.3, 0.4) is 0 Å². The first-order chi connectivity index (χ1) is 7.15. The van der Waals surface area contributed by atoms with E-state index in [2.05, 4.69) is 0 Å². The number of Topliss-reactive ketones (excluding diaryl/α,β-unsaturated/α-hetero) is 2. The van der Waals surface area contributed by atoms with Gasteiger partial charge >= 0.3 is 0 Å². The number of ketones is 2. The topological polar surface area (TPSA) is 43.4 Å². The Balaban J connectivity index is 2.37. The van der Waals surface area contributed by atoms with Crippen molar-refractivity contribution in [2.75, 3.05) is 7.11 Å². The fraction of sp³-hybridized carbons (Fsp3) is 0.833. The van der Waals surface area contributed by atoms with E-state index in [0.717, 1.165) is 25.7 Å². The number of carbonyl (C=O) groups excluding carboxylic acids is 2. The van der Waals surface area contributed by atoms with Crippen molar-refractivity contribution < 1.29 is 14.3 Å². The molecule has 0 spiro atoms. The molecule has 1 saturated carbocycles. The van der Waals surface area contributed by atoms with Gasteiger partial charge < -0.3 is 4.74 Å². The number of ether oxygens (including phenoxy) is 1. The van der Waals surface area contributed by atoms with Gasteiger partial charge in [0.1, 0.15) is 11.9 Å². The van der Waals surface area contributed by atoms with Gasteiger partial charge in [-0.3, -0.25) is 9.59 Å². The van der Waals surface area contributed by atoms with E-state index in [-0.39, 0.29) is 23.9 Å². The van der Waals surface area contributed by atoms with Crippen molar-refractivity contribution in [3.05, 3.63) is 0 Å². The largest absolute Gasteiger partial charge is 0.374 e. The van der Waals surface area contributed by atoms with Crippen LogP contribution in [0.5, 0.6) is 0 Å². The van der Waals surface area contributed by atoms with Crippen LogP contribution in [-0.4, -0.2) is 24.8 Å². The number of rotatable bonds is 5. The SMILES string of the molecule is COC(C)C(=O)CC(=O)C1CCCCC1. The summed E-state index contributed by atoms with van der Waals surface area (Å²) in [5.41, 5.74) is 0. The van der Waals surface area contributed by atoms with Crippen molar-refractivity contribution in [3.8, 4) is 0 Å². The maximum Gasteiger partial charge on any atom is 0.168 e. The van der Waals surface area contributed by atoms with Gasteiger partial charge in [0.05, 0.1) is 6.42 Å². The highest BCUT2D eigenvalue weighted by Crippen LogP contribution is 2.25. The molecule has 0 N–H and O–H groups in total. The molecule has 0 amide bonds. The Morgan fingerprint density at radius 1 is 1.27 bits per heavy atom. The number of carbonyl (C=O) groups is 2. The summed E-state index contributed by atoms with van der Waals surface area (Å²) in [7, 11) is 1.49. The molecular formula is C12H20O3. The van der Waals surface area contributed by atoms with Crippen LogP contribution in [0.4, 0.5) is 0 Å². The monoisotopic (exact) mass is 212 g/mol. The smallest absolute Gasteiger partial charge is 0.168 e. The standard InChI is InChI=1S/C12H20O3/c1-9(15-2)11(13)8-12(14)10-6-4-3-5-7-10/h9-10H,3-8H2,1-2H3. The third-order valence-electron chi connectivity index (χ3n) is 3.22. The molecule has 0 aromatic heterocycles. The fourth-order valence-corrected chi connectivity index (χ4v) is 2.02. The zero-order valence-electron chi connectivity index (χ0n) is 9.62. The molecule has 1 aliphatic carbocycles. The van der Waals surface area contributed by atoms with Crippen LogP contribution in [0, 0.1) is 5.92 Å². The molecule has 0 radical (unpaired) electrons.